The number of alkyl carbamates (subject to hydrolysis) is 4. The number of hydrogen-bond acceptors (Lipinski definition) is 23. The Labute approximate surface area is 801 Å². The fourth-order valence-electron chi connectivity index (χ4n) is 12.3. The standard InChI is InChI=1S/C20H22F3NO7.C20H24F3NO6.C17H18F3NO5.C14H16F3NO4.C14H18F3NO3.C9H7F3/c1-18(2,3)31-17(28)24-13(10-7-6-8-11(9-10)20(21,22)23)14(25)12-15(26)29-19(4,5)30-16(12)27;1-18(2,3)30-17(27)24-14(11-7-6-8-12(9-11)20(21,22)23)10-13-15(25)28-19(4,5)29-16(13)26;1-16(2,3)26-15(25)21-12(8-11(13(21)22)14(23)24)9-5-4-6-10(7-9)17(18,19)20;1-13(2,3)22-12(21)18-10(11(19)20)8-5-4-6-9(7-8)14(15,16)17;1-13(2,3)21-12(20)18-11(8-19)9-5-4-6-10(7-9)14(15,16)17;1-2-7-4-3-5-8(6-7)9(10,11)12/h6-9,12-13H,1-5H3,(H,24,28);6-9,13-14H,10H2,1-5H3,(H,24,27);4-7,11-12H,8H2,1-3H3,(H,23,24);4-7,10H,1-3H3,(H,18,21)(H,19,20);4-7,11,19H,8H2,1-3H3,(H,18,20);2-6H,1H2/t13-;14-;11?,12-;10-;11-;/m01101./s1. The van der Waals surface area contributed by atoms with Crippen molar-refractivity contribution in [2.75, 3.05) is 6.61 Å². The fraction of sp³-hybridized carbons (Fsp3) is 0.457. The predicted octanol–water partition coefficient (Wildman–Crippen LogP) is 21.0. The number of rotatable bonds is 17. The summed E-state index contributed by atoms with van der Waals surface area (Å²) in [4.78, 5) is 158. The summed E-state index contributed by atoms with van der Waals surface area (Å²) >= 11 is 0. The number of carbonyl (C=O) groups excluding carboxylic acids is 11. The molecule has 0 aromatic heterocycles. The molecule has 0 bridgehead atoms. The molecule has 6 atom stereocenters. The lowest BCUT2D eigenvalue weighted by molar-refractivity contribution is -0.241. The molecule has 48 heteroatoms. The summed E-state index contributed by atoms with van der Waals surface area (Å²) in [5, 5.41) is 36.5. The molecule has 6 aromatic carbocycles. The van der Waals surface area contributed by atoms with E-state index in [-0.39, 0.29) is 40.7 Å². The first-order valence-electron chi connectivity index (χ1n) is 42.1. The first kappa shape index (κ1) is 121. The number of Topliss-reactive ketones (excluding diaryl/α,β-unsaturated/α-hetero) is 1. The van der Waals surface area contributed by atoms with Crippen LogP contribution in [0.1, 0.15) is 241 Å². The number of nitrogens with zero attached hydrogens (tertiary/aromatic N) is 1. The van der Waals surface area contributed by atoms with Crippen LogP contribution in [0.3, 0.4) is 0 Å². The molecule has 6 amide bonds. The van der Waals surface area contributed by atoms with Crippen LogP contribution < -0.4 is 21.3 Å². The number of ketones is 1. The Balaban J connectivity index is 0.000000362. The van der Waals surface area contributed by atoms with Crippen LogP contribution >= 0.6 is 0 Å². The van der Waals surface area contributed by atoms with Gasteiger partial charge in [-0.25, -0.2) is 33.7 Å². The summed E-state index contributed by atoms with van der Waals surface area (Å²) in [5.74, 6) is -17.5. The number of carboxylic acids is 2. The molecular weight excluding hydrogens is 1940 g/mol. The zero-order chi connectivity index (χ0) is 109. The molecule has 3 aliphatic rings. The van der Waals surface area contributed by atoms with Gasteiger partial charge in [0.05, 0.1) is 58.1 Å². The van der Waals surface area contributed by atoms with Gasteiger partial charge in [0, 0.05) is 27.7 Å². The average Bonchev–Trinajstić information content (AvgIpc) is 1.74. The maximum absolute atomic E-state index is 13.1. The van der Waals surface area contributed by atoms with Crippen molar-refractivity contribution in [1.29, 1.82) is 0 Å². The van der Waals surface area contributed by atoms with Crippen LogP contribution in [0.5, 0.6) is 0 Å². The molecule has 0 aliphatic carbocycles. The first-order chi connectivity index (χ1) is 64.3. The van der Waals surface area contributed by atoms with Crippen molar-refractivity contribution in [2.45, 2.75) is 251 Å². The van der Waals surface area contributed by atoms with Crippen molar-refractivity contribution >= 4 is 84.0 Å². The van der Waals surface area contributed by atoms with Crippen molar-refractivity contribution in [1.82, 2.24) is 26.2 Å². The highest BCUT2D eigenvalue weighted by Gasteiger charge is 2.53. The van der Waals surface area contributed by atoms with Crippen LogP contribution in [-0.4, -0.2) is 144 Å². The summed E-state index contributed by atoms with van der Waals surface area (Å²) in [6.07, 6.45) is -31.6. The maximum atomic E-state index is 13.1. The minimum absolute atomic E-state index is 0.0165. The second-order valence-electron chi connectivity index (χ2n) is 37.0. The smallest absolute Gasteiger partial charge is 0.417 e. The number of cyclic esters (lactones) is 4. The van der Waals surface area contributed by atoms with E-state index in [1.54, 1.807) is 89.2 Å². The lowest BCUT2D eigenvalue weighted by atomic mass is 9.91. The number of nitrogens with one attached hydrogen (secondary N) is 4. The van der Waals surface area contributed by atoms with E-state index < -0.39 is 243 Å². The maximum Gasteiger partial charge on any atom is 0.417 e. The molecule has 7 N–H and O–H groups in total. The van der Waals surface area contributed by atoms with Crippen LogP contribution in [0.2, 0.25) is 0 Å². The summed E-state index contributed by atoms with van der Waals surface area (Å²) < 4.78 is 275. The molecular formula is C94H105F18N5O25. The molecule has 3 saturated heterocycles. The van der Waals surface area contributed by atoms with Gasteiger partial charge >= 0.3 is 103 Å². The average molecular weight is 2050 g/mol. The number of halogens is 18. The highest BCUT2D eigenvalue weighted by Crippen LogP contribution is 2.43. The number of aliphatic carboxylic acids is 2. The largest absolute Gasteiger partial charge is 0.481 e. The van der Waals surface area contributed by atoms with Gasteiger partial charge in [0.25, 0.3) is 11.6 Å². The molecule has 142 heavy (non-hydrogen) atoms. The quantitative estimate of drug-likeness (QED) is 0.0193. The van der Waals surface area contributed by atoms with E-state index in [0.29, 0.717) is 22.6 Å². The van der Waals surface area contributed by atoms with E-state index in [9.17, 15) is 152 Å². The van der Waals surface area contributed by atoms with Gasteiger partial charge < -0.3 is 79.2 Å². The fourth-order valence-corrected chi connectivity index (χ4v) is 12.3. The number of aliphatic hydroxyl groups excluding tert-OH is 1. The van der Waals surface area contributed by atoms with Gasteiger partial charge in [-0.2, -0.15) is 79.0 Å². The molecule has 3 heterocycles. The van der Waals surface area contributed by atoms with Gasteiger partial charge in [0.2, 0.25) is 11.8 Å². The van der Waals surface area contributed by atoms with Crippen molar-refractivity contribution in [3.63, 3.8) is 0 Å². The van der Waals surface area contributed by atoms with Crippen LogP contribution in [0, 0.1) is 17.8 Å². The Kier molecular flexibility index (Phi) is 40.1. The van der Waals surface area contributed by atoms with Crippen molar-refractivity contribution in [3.8, 4) is 0 Å². The normalized spacial score (nSPS) is 16.7. The predicted molar refractivity (Wildman–Crippen MR) is 463 cm³/mol. The van der Waals surface area contributed by atoms with E-state index in [4.69, 9.17) is 47.7 Å². The van der Waals surface area contributed by atoms with Gasteiger partial charge in [-0.15, -0.1) is 0 Å². The van der Waals surface area contributed by atoms with Crippen LogP contribution in [-0.2, 0) is 118 Å². The molecule has 9 rings (SSSR count). The number of hydrogen-bond donors (Lipinski definition) is 7. The topological polar surface area (TPSA) is 417 Å². The number of carbonyl (C=O) groups is 13. The van der Waals surface area contributed by atoms with Gasteiger partial charge in [-0.3, -0.25) is 33.6 Å². The zero-order valence-electron chi connectivity index (χ0n) is 79.5. The Hall–Kier alpha value is -13.7. The van der Waals surface area contributed by atoms with Crippen molar-refractivity contribution < 1.29 is 199 Å². The highest BCUT2D eigenvalue weighted by molar-refractivity contribution is 6.18. The molecule has 6 aromatic rings. The Morgan fingerprint density at radius 3 is 1.04 bits per heavy atom. The molecule has 782 valence electrons. The van der Waals surface area contributed by atoms with Crippen molar-refractivity contribution in [2.24, 2.45) is 17.8 Å². The Bertz CT molecular complexity index is 5460. The SMILES string of the molecule is C=Cc1cccc(C(F)(F)F)c1.CC(C)(C)OC(=O)N1C(=O)C(C(=O)O)C[C@@H]1c1cccc(C(F)(F)F)c1.CC(C)(C)OC(=O)N[C@H](C(=O)C1C(=O)OC(C)(C)OC1=O)c1cccc(C(F)(F)F)c1.CC(C)(C)OC(=O)N[C@H](C(=O)O)c1cccc(C(F)(F)F)c1.CC(C)(C)OC(=O)N[C@H](CC1C(=O)OC(C)(C)OC1=O)c1cccc(C(F)(F)F)c1.CC(C)(C)OC(=O)N[C@H](CO)c1cccc(C(F)(F)F)c1. The van der Waals surface area contributed by atoms with Gasteiger partial charge in [0.1, 0.15) is 40.0 Å². The van der Waals surface area contributed by atoms with Crippen LogP contribution in [0.25, 0.3) is 6.08 Å². The number of amides is 6. The molecule has 3 fully saturated rings. The minimum atomic E-state index is -4.73. The number of ether oxygens (including phenoxy) is 9. The molecule has 30 nitrogen and oxygen atoms in total. The lowest BCUT2D eigenvalue weighted by Gasteiger charge is -2.34. The summed E-state index contributed by atoms with van der Waals surface area (Å²) in [6, 6.07) is 18.4. The number of alkyl halides is 18. The second kappa shape index (κ2) is 47.2. The number of aliphatic hydroxyl groups is 1. The third-order valence-corrected chi connectivity index (χ3v) is 18.2. The number of imide groups is 1. The Morgan fingerprint density at radius 1 is 0.408 bits per heavy atom. The monoisotopic (exact) mass is 2050 g/mol. The Morgan fingerprint density at radius 2 is 0.704 bits per heavy atom. The van der Waals surface area contributed by atoms with Gasteiger partial charge in [0.15, 0.2) is 17.7 Å². The zero-order valence-corrected chi connectivity index (χ0v) is 79.5. The number of carboxylic acid groups (broad SMARTS) is 2. The third-order valence-electron chi connectivity index (χ3n) is 18.2. The minimum Gasteiger partial charge on any atom is -0.481 e. The van der Waals surface area contributed by atoms with E-state index in [1.807, 2.05) is 5.32 Å². The lowest BCUT2D eigenvalue weighted by Crippen LogP contribution is -2.52. The molecule has 0 radical (unpaired) electrons. The second-order valence-corrected chi connectivity index (χ2v) is 37.0. The van der Waals surface area contributed by atoms with Gasteiger partial charge in [-0.05, 0) is 223 Å². The molecule has 0 spiro atoms. The van der Waals surface area contributed by atoms with E-state index in [0.717, 1.165) is 84.9 Å². The summed E-state index contributed by atoms with van der Waals surface area (Å²) in [7, 11) is 0. The van der Waals surface area contributed by atoms with E-state index in [1.165, 1.54) is 97.0 Å². The highest BCUT2D eigenvalue weighted by atomic mass is 19.4. The van der Waals surface area contributed by atoms with Crippen molar-refractivity contribution in [3.05, 3.63) is 219 Å². The summed E-state index contributed by atoms with van der Waals surface area (Å²) in [6.45, 7) is 32.0. The number of benzene rings is 6. The third kappa shape index (κ3) is 39.7. The van der Waals surface area contributed by atoms with E-state index >= 15 is 0 Å². The molecule has 1 unspecified atom stereocenters. The number of likely N-dealkylation sites (tertiary alicyclic amines) is 1. The summed E-state index contributed by atoms with van der Waals surface area (Å²) in [5.41, 5.74) is -9.70. The first-order valence-corrected chi connectivity index (χ1v) is 42.1. The molecule has 0 saturated carbocycles. The number of esters is 4. The van der Waals surface area contributed by atoms with Crippen LogP contribution in [0.4, 0.5) is 103 Å². The van der Waals surface area contributed by atoms with Crippen LogP contribution in [0.15, 0.2) is 152 Å². The van der Waals surface area contributed by atoms with E-state index in [2.05, 4.69) is 22.5 Å². The molecule has 3 aliphatic heterocycles. The van der Waals surface area contributed by atoms with Gasteiger partial charge in [-0.1, -0.05) is 85.5 Å².